The number of aryl methyl sites for hydroxylation is 1. The maximum absolute atomic E-state index is 5.19. The second kappa shape index (κ2) is 20.4. The van der Waals surface area contributed by atoms with Gasteiger partial charge in [0.15, 0.2) is 0 Å². The van der Waals surface area contributed by atoms with Gasteiger partial charge in [0.25, 0.3) is 0 Å². The first-order valence-corrected chi connectivity index (χ1v) is 19.9. The fraction of sp³-hybridized carbons (Fsp3) is 0.161. The van der Waals surface area contributed by atoms with Crippen molar-refractivity contribution in [1.29, 1.82) is 0 Å². The number of aromatic nitrogens is 3. The molecule has 4 heteroatoms. The molecule has 0 bridgehead atoms. The normalized spacial score (nSPS) is 10.8. The molecule has 0 N–H and O–H groups in total. The van der Waals surface area contributed by atoms with Crippen molar-refractivity contribution in [3.8, 4) is 22.8 Å². The standard InChI is InChI=1S/C34H34N3.3C7H7.CH3.Zr/c1-33(2,3)23-14-15-25-22(19-23)18-21-12-13-24(34(4,5)6)20-26(21)31(25)28-16-17-29(35-28)32-36-27-10-8-9-11-30(27)37(32)7;3*1-7-5-3-2-4-6-7;;/h8-20H,1-7H3;3*2-6H,1H2;1H3;/q4*-1;+1;+3. The fourth-order valence-electron chi connectivity index (χ4n) is 6.76. The molecule has 60 heavy (non-hydrogen) atoms. The molecule has 0 unspecified atom stereocenters. The minimum absolute atomic E-state index is 0. The number of nitrogens with zero attached hydrogens (tertiary/aromatic N) is 3. The summed E-state index contributed by atoms with van der Waals surface area (Å²) < 4.78 is 2.13. The van der Waals surface area contributed by atoms with E-state index in [-0.39, 0.29) is 44.5 Å². The van der Waals surface area contributed by atoms with Gasteiger partial charge < -0.3 is 9.55 Å². The zero-order valence-electron chi connectivity index (χ0n) is 36.6. The zero-order chi connectivity index (χ0) is 41.5. The molecule has 0 amide bonds. The van der Waals surface area contributed by atoms with Crippen LogP contribution < -0.4 is 4.98 Å². The van der Waals surface area contributed by atoms with Crippen LogP contribution in [0, 0.1) is 28.2 Å². The summed E-state index contributed by atoms with van der Waals surface area (Å²) in [4.78, 5) is 10.1. The number of imidazole rings is 1. The Kier molecular flexibility index (Phi) is 16.0. The molecule has 7 aromatic carbocycles. The van der Waals surface area contributed by atoms with Crippen molar-refractivity contribution in [2.75, 3.05) is 0 Å². The molecule has 0 saturated carbocycles. The van der Waals surface area contributed by atoms with E-state index < -0.39 is 0 Å². The van der Waals surface area contributed by atoms with Gasteiger partial charge in [-0.25, -0.2) is 4.98 Å². The molecular formula is C56H58N3Zr. The van der Waals surface area contributed by atoms with E-state index in [1.165, 1.54) is 38.2 Å². The summed E-state index contributed by atoms with van der Waals surface area (Å²) in [5.41, 5.74) is 11.2. The molecule has 1 radical (unpaired) electrons. The van der Waals surface area contributed by atoms with Gasteiger partial charge in [-0.1, -0.05) is 126 Å². The molecule has 0 fully saturated rings. The van der Waals surface area contributed by atoms with Crippen molar-refractivity contribution < 1.29 is 26.2 Å². The topological polar surface area (TPSA) is 31.9 Å². The molecule has 9 aromatic rings. The van der Waals surface area contributed by atoms with E-state index in [4.69, 9.17) is 9.97 Å². The fourth-order valence-corrected chi connectivity index (χ4v) is 6.76. The Balaban J connectivity index is 0.000000280. The minimum atomic E-state index is 0. The van der Waals surface area contributed by atoms with Crippen LogP contribution in [0.3, 0.4) is 0 Å². The molecule has 0 spiro atoms. The zero-order valence-corrected chi connectivity index (χ0v) is 39.1. The number of rotatable bonds is 2. The second-order valence-corrected chi connectivity index (χ2v) is 16.8. The number of benzene rings is 7. The molecule has 301 valence electrons. The van der Waals surface area contributed by atoms with Crippen molar-refractivity contribution in [2.45, 2.75) is 52.4 Å². The van der Waals surface area contributed by atoms with Crippen LogP contribution in [0.2, 0.25) is 0 Å². The van der Waals surface area contributed by atoms with E-state index in [0.29, 0.717) is 0 Å². The van der Waals surface area contributed by atoms with Gasteiger partial charge in [-0.15, -0.1) is 42.1 Å². The average Bonchev–Trinajstić information content (AvgIpc) is 3.82. The van der Waals surface area contributed by atoms with Gasteiger partial charge in [-0.3, -0.25) is 0 Å². The van der Waals surface area contributed by atoms with Crippen molar-refractivity contribution in [3.05, 3.63) is 226 Å². The Morgan fingerprint density at radius 3 is 1.43 bits per heavy atom. The van der Waals surface area contributed by atoms with E-state index in [0.717, 1.165) is 44.9 Å². The van der Waals surface area contributed by atoms with Gasteiger partial charge in [-0.05, 0) is 67.3 Å². The van der Waals surface area contributed by atoms with Gasteiger partial charge in [0, 0.05) is 14.5 Å². The van der Waals surface area contributed by atoms with E-state index in [1.807, 2.05) is 97.1 Å². The predicted octanol–water partition coefficient (Wildman–Crippen LogP) is 14.8. The van der Waals surface area contributed by atoms with Crippen molar-refractivity contribution in [2.24, 2.45) is 7.05 Å². The Labute approximate surface area is 379 Å². The second-order valence-electron chi connectivity index (χ2n) is 16.8. The summed E-state index contributed by atoms with van der Waals surface area (Å²) in [6.45, 7) is 24.8. The third-order valence-electron chi connectivity index (χ3n) is 10.1. The third-order valence-corrected chi connectivity index (χ3v) is 10.1. The van der Waals surface area contributed by atoms with Crippen LogP contribution in [0.15, 0.2) is 170 Å². The molecule has 0 aliphatic carbocycles. The number of hydrogen-bond acceptors (Lipinski definition) is 1. The smallest absolute Gasteiger partial charge is 0.654 e. The van der Waals surface area contributed by atoms with Crippen LogP contribution >= 0.6 is 0 Å². The first-order valence-electron chi connectivity index (χ1n) is 19.9. The van der Waals surface area contributed by atoms with E-state index >= 15 is 0 Å². The minimum Gasteiger partial charge on any atom is -0.654 e. The van der Waals surface area contributed by atoms with Crippen molar-refractivity contribution in [3.63, 3.8) is 0 Å². The van der Waals surface area contributed by atoms with Gasteiger partial charge in [-0.2, -0.15) is 73.9 Å². The van der Waals surface area contributed by atoms with Crippen molar-refractivity contribution in [1.82, 2.24) is 14.5 Å². The number of hydrogen-bond donors (Lipinski definition) is 0. The maximum Gasteiger partial charge on any atom is 3.00 e. The van der Waals surface area contributed by atoms with Gasteiger partial charge in [0.2, 0.25) is 0 Å². The monoisotopic (exact) mass is 862 g/mol. The largest absolute Gasteiger partial charge is 3.00 e. The summed E-state index contributed by atoms with van der Waals surface area (Å²) in [6.07, 6.45) is 0. The molecule has 0 aliphatic heterocycles. The Morgan fingerprint density at radius 2 is 0.950 bits per heavy atom. The van der Waals surface area contributed by atoms with Crippen LogP contribution in [0.1, 0.15) is 69.4 Å². The van der Waals surface area contributed by atoms with Crippen LogP contribution in [0.5, 0.6) is 0 Å². The summed E-state index contributed by atoms with van der Waals surface area (Å²) in [5, 5.41) is 4.99. The molecule has 2 heterocycles. The van der Waals surface area contributed by atoms with Crippen LogP contribution in [0.4, 0.5) is 0 Å². The maximum atomic E-state index is 5.19. The summed E-state index contributed by atoms with van der Waals surface area (Å²) in [6, 6.07) is 58.3. The molecule has 0 atom stereocenters. The molecule has 3 nitrogen and oxygen atoms in total. The summed E-state index contributed by atoms with van der Waals surface area (Å²) in [7, 11) is 2.07. The van der Waals surface area contributed by atoms with E-state index in [1.54, 1.807) is 0 Å². The van der Waals surface area contributed by atoms with Crippen LogP contribution in [0.25, 0.3) is 55.4 Å². The number of fused-ring (bicyclic) bond motifs is 3. The molecule has 0 aliphatic rings. The van der Waals surface area contributed by atoms with Crippen LogP contribution in [-0.2, 0) is 44.1 Å². The van der Waals surface area contributed by atoms with Crippen molar-refractivity contribution >= 4 is 32.6 Å². The molecule has 0 saturated heterocycles. The Morgan fingerprint density at radius 1 is 0.483 bits per heavy atom. The molecule has 9 rings (SSSR count). The SMILES string of the molecule is Cn1c(-c2ccc(-c3c4ccc(C(C)(C)C)cc4cc4ccc(C(C)(C)C)cc34)[n-]2)nc2ccccc21.[CH2-]c1ccccc1.[CH2-]c1ccccc1.[CH2-]c1ccccc1.[CH3+].[Zr+3]. The predicted molar refractivity (Wildman–Crippen MR) is 256 cm³/mol. The van der Waals surface area contributed by atoms with E-state index in [2.05, 4.69) is 147 Å². The average molecular weight is 864 g/mol. The van der Waals surface area contributed by atoms with E-state index in [9.17, 15) is 0 Å². The summed E-state index contributed by atoms with van der Waals surface area (Å²) in [5.74, 6) is 0.891. The van der Waals surface area contributed by atoms with Gasteiger partial charge >= 0.3 is 26.2 Å². The Hall–Kier alpha value is -5.83. The Bertz CT molecular complexity index is 2620. The first-order chi connectivity index (χ1) is 27.7. The van der Waals surface area contributed by atoms with Gasteiger partial charge in [0.05, 0.1) is 11.0 Å². The molecular weight excluding hydrogens is 806 g/mol. The first kappa shape index (κ1) is 46.9. The molecule has 2 aromatic heterocycles. The quantitative estimate of drug-likeness (QED) is 0.128. The summed E-state index contributed by atoms with van der Waals surface area (Å²) >= 11 is 0. The van der Waals surface area contributed by atoms with Crippen LogP contribution in [-0.4, -0.2) is 9.55 Å². The van der Waals surface area contributed by atoms with Gasteiger partial charge in [0.1, 0.15) is 5.82 Å². The third kappa shape index (κ3) is 11.7. The number of para-hydroxylation sites is 2.